The summed E-state index contributed by atoms with van der Waals surface area (Å²) in [4.78, 5) is 16.3. The molecule has 9 nitrogen and oxygen atoms in total. The van der Waals surface area contributed by atoms with Crippen LogP contribution in [-0.2, 0) is 11.3 Å². The van der Waals surface area contributed by atoms with Gasteiger partial charge in [0.1, 0.15) is 11.4 Å². The van der Waals surface area contributed by atoms with Crippen molar-refractivity contribution in [1.29, 1.82) is 0 Å². The van der Waals surface area contributed by atoms with Crippen molar-refractivity contribution in [1.82, 2.24) is 25.3 Å². The normalized spacial score (nSPS) is 13.2. The third-order valence-corrected chi connectivity index (χ3v) is 3.92. The minimum atomic E-state index is -0.682. The fourth-order valence-electron chi connectivity index (χ4n) is 2.52. The van der Waals surface area contributed by atoms with Crippen LogP contribution in [0.1, 0.15) is 12.6 Å². The van der Waals surface area contributed by atoms with E-state index in [9.17, 15) is 4.79 Å². The molecule has 0 radical (unpaired) electrons. The third-order valence-electron chi connectivity index (χ3n) is 3.92. The standard InChI is InChI=1S/C18H17N5O4/c1-12(27-15-4-5-16-17(7-15)26-11-25-16)18(24)20-8-13-10-23(22-21-13)14-3-2-6-19-9-14/h2-7,9-10,12H,8,11H2,1H3,(H,20,24)/t12-/m0/s1. The number of benzene rings is 1. The predicted molar refractivity (Wildman–Crippen MR) is 93.7 cm³/mol. The lowest BCUT2D eigenvalue weighted by molar-refractivity contribution is -0.127. The minimum absolute atomic E-state index is 0.189. The summed E-state index contributed by atoms with van der Waals surface area (Å²) >= 11 is 0. The summed E-state index contributed by atoms with van der Waals surface area (Å²) in [6.45, 7) is 2.11. The third kappa shape index (κ3) is 3.81. The topological polar surface area (TPSA) is 100 Å². The van der Waals surface area contributed by atoms with Gasteiger partial charge in [-0.15, -0.1) is 5.10 Å². The Hall–Kier alpha value is -3.62. The molecule has 0 fully saturated rings. The maximum Gasteiger partial charge on any atom is 0.261 e. The van der Waals surface area contributed by atoms with Gasteiger partial charge in [-0.25, -0.2) is 4.68 Å². The van der Waals surface area contributed by atoms with Gasteiger partial charge in [0.05, 0.1) is 24.6 Å². The van der Waals surface area contributed by atoms with Crippen molar-refractivity contribution < 1.29 is 19.0 Å². The fourth-order valence-corrected chi connectivity index (χ4v) is 2.52. The highest BCUT2D eigenvalue weighted by molar-refractivity contribution is 5.80. The molecule has 0 aliphatic carbocycles. The Balaban J connectivity index is 1.32. The Kier molecular flexibility index (Phi) is 4.56. The second-order valence-corrected chi connectivity index (χ2v) is 5.86. The Labute approximate surface area is 154 Å². The number of hydrogen-bond acceptors (Lipinski definition) is 7. The molecule has 1 aromatic carbocycles. The smallest absolute Gasteiger partial charge is 0.261 e. The van der Waals surface area contributed by atoms with E-state index < -0.39 is 6.10 Å². The van der Waals surface area contributed by atoms with Crippen LogP contribution in [0.15, 0.2) is 48.9 Å². The molecule has 1 N–H and O–H groups in total. The van der Waals surface area contributed by atoms with Crippen LogP contribution in [-0.4, -0.2) is 38.8 Å². The number of amides is 1. The average molecular weight is 367 g/mol. The van der Waals surface area contributed by atoms with Crippen molar-refractivity contribution in [3.05, 3.63) is 54.6 Å². The molecule has 27 heavy (non-hydrogen) atoms. The maximum absolute atomic E-state index is 12.3. The summed E-state index contributed by atoms with van der Waals surface area (Å²) in [5, 5.41) is 10.9. The van der Waals surface area contributed by atoms with Crippen molar-refractivity contribution in [2.45, 2.75) is 19.6 Å². The summed E-state index contributed by atoms with van der Waals surface area (Å²) in [7, 11) is 0. The van der Waals surface area contributed by atoms with E-state index in [2.05, 4.69) is 20.6 Å². The van der Waals surface area contributed by atoms with Crippen LogP contribution >= 0.6 is 0 Å². The first-order chi connectivity index (χ1) is 13.2. The molecule has 3 aromatic rings. The molecule has 3 heterocycles. The fraction of sp³-hybridized carbons (Fsp3) is 0.222. The van der Waals surface area contributed by atoms with Gasteiger partial charge in [-0.05, 0) is 31.2 Å². The number of carbonyl (C=O) groups is 1. The first kappa shape index (κ1) is 16.8. The Morgan fingerprint density at radius 1 is 1.33 bits per heavy atom. The number of nitrogens with zero attached hydrogens (tertiary/aromatic N) is 4. The van der Waals surface area contributed by atoms with Gasteiger partial charge in [-0.1, -0.05) is 5.21 Å². The zero-order valence-electron chi connectivity index (χ0n) is 14.5. The Bertz CT molecular complexity index is 944. The van der Waals surface area contributed by atoms with Crippen LogP contribution in [0.2, 0.25) is 0 Å². The van der Waals surface area contributed by atoms with Gasteiger partial charge in [-0.3, -0.25) is 9.78 Å². The molecule has 0 unspecified atom stereocenters. The monoisotopic (exact) mass is 367 g/mol. The quantitative estimate of drug-likeness (QED) is 0.704. The number of ether oxygens (including phenoxy) is 3. The van der Waals surface area contributed by atoms with Gasteiger partial charge in [0, 0.05) is 12.3 Å². The van der Waals surface area contributed by atoms with Gasteiger partial charge < -0.3 is 19.5 Å². The summed E-state index contributed by atoms with van der Waals surface area (Å²) in [6.07, 6.45) is 4.42. The Morgan fingerprint density at radius 2 is 2.22 bits per heavy atom. The highest BCUT2D eigenvalue weighted by atomic mass is 16.7. The van der Waals surface area contributed by atoms with Crippen LogP contribution in [0, 0.1) is 0 Å². The number of carbonyl (C=O) groups excluding carboxylic acids is 1. The molecule has 1 amide bonds. The van der Waals surface area contributed by atoms with Crippen molar-refractivity contribution in [2.75, 3.05) is 6.79 Å². The summed E-state index contributed by atoms with van der Waals surface area (Å²) in [5.74, 6) is 1.54. The second-order valence-electron chi connectivity index (χ2n) is 5.86. The predicted octanol–water partition coefficient (Wildman–Crippen LogP) is 1.47. The molecule has 0 spiro atoms. The van der Waals surface area contributed by atoms with E-state index >= 15 is 0 Å². The minimum Gasteiger partial charge on any atom is -0.481 e. The summed E-state index contributed by atoms with van der Waals surface area (Å²) < 4.78 is 17.8. The molecule has 2 aromatic heterocycles. The largest absolute Gasteiger partial charge is 0.481 e. The number of nitrogens with one attached hydrogen (secondary N) is 1. The van der Waals surface area contributed by atoms with Gasteiger partial charge in [-0.2, -0.15) is 0 Å². The molecule has 1 atom stereocenters. The molecule has 9 heteroatoms. The first-order valence-electron chi connectivity index (χ1n) is 8.35. The SMILES string of the molecule is C[C@H](Oc1ccc2c(c1)OCO2)C(=O)NCc1cn(-c2cccnc2)nn1. The van der Waals surface area contributed by atoms with Gasteiger partial charge in [0.25, 0.3) is 5.91 Å². The van der Waals surface area contributed by atoms with Crippen molar-refractivity contribution in [3.63, 3.8) is 0 Å². The molecule has 0 saturated carbocycles. The van der Waals surface area contributed by atoms with E-state index in [0.717, 1.165) is 5.69 Å². The van der Waals surface area contributed by atoms with Gasteiger partial charge >= 0.3 is 0 Å². The number of fused-ring (bicyclic) bond motifs is 1. The first-order valence-corrected chi connectivity index (χ1v) is 8.35. The number of hydrogen-bond donors (Lipinski definition) is 1. The maximum atomic E-state index is 12.3. The van der Waals surface area contributed by atoms with Crippen LogP contribution in [0.25, 0.3) is 5.69 Å². The van der Waals surface area contributed by atoms with E-state index in [-0.39, 0.29) is 19.2 Å². The molecular formula is C18H17N5O4. The van der Waals surface area contributed by atoms with Crippen molar-refractivity contribution in [2.24, 2.45) is 0 Å². The zero-order valence-corrected chi connectivity index (χ0v) is 14.5. The lowest BCUT2D eigenvalue weighted by Gasteiger charge is -2.14. The summed E-state index contributed by atoms with van der Waals surface area (Å²) in [6, 6.07) is 8.86. The zero-order chi connectivity index (χ0) is 18.6. The van der Waals surface area contributed by atoms with Crippen LogP contribution in [0.3, 0.4) is 0 Å². The van der Waals surface area contributed by atoms with E-state index in [1.165, 1.54) is 0 Å². The second kappa shape index (κ2) is 7.32. The molecular weight excluding hydrogens is 350 g/mol. The highest BCUT2D eigenvalue weighted by Gasteiger charge is 2.18. The molecule has 0 bridgehead atoms. The van der Waals surface area contributed by atoms with Gasteiger partial charge in [0.15, 0.2) is 17.6 Å². The average Bonchev–Trinajstić information content (AvgIpc) is 3.35. The van der Waals surface area contributed by atoms with E-state index in [4.69, 9.17) is 14.2 Å². The number of rotatable bonds is 6. The van der Waals surface area contributed by atoms with Crippen molar-refractivity contribution in [3.8, 4) is 22.9 Å². The van der Waals surface area contributed by atoms with E-state index in [0.29, 0.717) is 22.9 Å². The molecule has 0 saturated heterocycles. The van der Waals surface area contributed by atoms with Crippen LogP contribution in [0.5, 0.6) is 17.2 Å². The lowest BCUT2D eigenvalue weighted by atomic mass is 10.3. The van der Waals surface area contributed by atoms with E-state index in [1.54, 1.807) is 48.4 Å². The van der Waals surface area contributed by atoms with Crippen LogP contribution in [0.4, 0.5) is 0 Å². The molecule has 4 rings (SSSR count). The van der Waals surface area contributed by atoms with Gasteiger partial charge in [0.2, 0.25) is 6.79 Å². The molecule has 1 aliphatic rings. The van der Waals surface area contributed by atoms with Crippen LogP contribution < -0.4 is 19.5 Å². The van der Waals surface area contributed by atoms with E-state index in [1.807, 2.05) is 12.1 Å². The molecule has 1 aliphatic heterocycles. The van der Waals surface area contributed by atoms with Crippen molar-refractivity contribution >= 4 is 5.91 Å². The highest BCUT2D eigenvalue weighted by Crippen LogP contribution is 2.35. The number of pyridine rings is 1. The number of aromatic nitrogens is 4. The Morgan fingerprint density at radius 3 is 3.07 bits per heavy atom. The lowest BCUT2D eigenvalue weighted by Crippen LogP contribution is -2.36. The molecule has 138 valence electrons. The summed E-state index contributed by atoms with van der Waals surface area (Å²) in [5.41, 5.74) is 1.42.